The van der Waals surface area contributed by atoms with Gasteiger partial charge in [-0.25, -0.2) is 31.9 Å². The van der Waals surface area contributed by atoms with Crippen molar-refractivity contribution in [1.29, 1.82) is 0 Å². The number of hydrogen-bond acceptors (Lipinski definition) is 10. The number of imide groups is 1. The van der Waals surface area contributed by atoms with Crippen LogP contribution in [-0.4, -0.2) is 95.0 Å². The van der Waals surface area contributed by atoms with Crippen molar-refractivity contribution in [2.45, 2.75) is 108 Å². The van der Waals surface area contributed by atoms with Crippen molar-refractivity contribution in [3.63, 3.8) is 0 Å². The van der Waals surface area contributed by atoms with Crippen LogP contribution >= 0.6 is 0 Å². The molecule has 0 radical (unpaired) electrons. The molecule has 2 unspecified atom stereocenters. The second kappa shape index (κ2) is 15.6. The van der Waals surface area contributed by atoms with Gasteiger partial charge in [-0.1, -0.05) is 23.8 Å². The average molecular weight is 774 g/mol. The van der Waals surface area contributed by atoms with Crippen LogP contribution < -0.4 is 15.4 Å². The molecule has 15 nitrogen and oxygen atoms in total. The fourth-order valence-corrected chi connectivity index (χ4v) is 8.38. The van der Waals surface area contributed by atoms with Gasteiger partial charge in [-0.15, -0.1) is 6.58 Å². The van der Waals surface area contributed by atoms with E-state index in [0.717, 1.165) is 15.4 Å². The maximum absolute atomic E-state index is 16.7. The number of alkyl carbamates (subject to hydrolysis) is 1. The number of urea groups is 1. The number of nitrogens with zero attached hydrogens (tertiary/aromatic N) is 2. The normalized spacial score (nSPS) is 23.7. The van der Waals surface area contributed by atoms with Crippen molar-refractivity contribution in [3.8, 4) is 0 Å². The van der Waals surface area contributed by atoms with Gasteiger partial charge in [0, 0.05) is 37.0 Å². The number of carbonyl (C=O) groups excluding carboxylic acids is 5. The van der Waals surface area contributed by atoms with Crippen molar-refractivity contribution >= 4 is 45.7 Å². The summed E-state index contributed by atoms with van der Waals surface area (Å²) in [5.41, 5.74) is -0.210. The van der Waals surface area contributed by atoms with Gasteiger partial charge in [0.25, 0.3) is 0 Å². The highest BCUT2D eigenvalue weighted by atomic mass is 32.2. The van der Waals surface area contributed by atoms with Crippen LogP contribution in [0.4, 0.5) is 18.8 Å². The Hall–Kier alpha value is -4.64. The van der Waals surface area contributed by atoms with E-state index in [9.17, 15) is 42.3 Å². The molecule has 2 saturated carbocycles. The molecule has 0 spiro atoms. The number of ether oxygens (including phenoxy) is 1. The number of sulfonamides is 1. The Kier molecular flexibility index (Phi) is 11.7. The van der Waals surface area contributed by atoms with E-state index < -0.39 is 93.1 Å². The predicted molar refractivity (Wildman–Crippen MR) is 193 cm³/mol. The van der Waals surface area contributed by atoms with E-state index in [-0.39, 0.29) is 54.3 Å². The third-order valence-electron chi connectivity index (χ3n) is 9.94. The lowest BCUT2D eigenvalue weighted by Crippen LogP contribution is -2.51. The lowest BCUT2D eigenvalue weighted by Gasteiger charge is -2.28. The van der Waals surface area contributed by atoms with Gasteiger partial charge in [0.05, 0.1) is 23.8 Å². The lowest BCUT2D eigenvalue weighted by atomic mass is 9.85. The molecule has 294 valence electrons. The Morgan fingerprint density at radius 3 is 2.37 bits per heavy atom. The Bertz CT molecular complexity index is 1880. The fraction of sp³-hybridized carbons (Fsp3) is 0.568. The zero-order chi connectivity index (χ0) is 39.9. The minimum atomic E-state index is -3.98. The number of benzene rings is 1. The van der Waals surface area contributed by atoms with Gasteiger partial charge >= 0.3 is 18.2 Å². The molecular weight excluding hydrogens is 725 g/mol. The summed E-state index contributed by atoms with van der Waals surface area (Å²) in [6.07, 6.45) is 1.36. The van der Waals surface area contributed by atoms with Gasteiger partial charge in [0.1, 0.15) is 17.5 Å². The molecule has 2 aliphatic carbocycles. The number of amides is 5. The second-order valence-electron chi connectivity index (χ2n) is 15.6. The highest BCUT2D eigenvalue weighted by molar-refractivity contribution is 7.90. The van der Waals surface area contributed by atoms with Crippen LogP contribution in [0.2, 0.25) is 0 Å². The number of fused-ring (bicyclic) bond motifs is 1. The van der Waals surface area contributed by atoms with E-state index in [2.05, 4.69) is 17.2 Å². The van der Waals surface area contributed by atoms with Gasteiger partial charge in [0.2, 0.25) is 15.9 Å². The Labute approximate surface area is 313 Å². The number of halogens is 1. The number of carboxylic acid groups (broad SMARTS) is 1. The van der Waals surface area contributed by atoms with Crippen LogP contribution in [0.25, 0.3) is 0 Å². The maximum atomic E-state index is 16.7. The minimum absolute atomic E-state index is 0.0437. The molecule has 1 aromatic carbocycles. The number of carbonyl (C=O) groups is 6. The van der Waals surface area contributed by atoms with E-state index in [1.807, 2.05) is 4.72 Å². The standard InChI is InChI=1S/C37H48FN5O10S/c1-7-20-15-29(20)43(34(47)41-54(51,52)22-9-10-22)33(46)26-17-39-16-25(26)23-11-12-24-27(30(23)38)18-42(36(49)50)31(24)32(45)28(13-8-21(44)14-19(2)3)40-35(48)53-37(4,5)6/h7,11-12,14,20,22,25-26,28-29,31,39H,1,8-10,13,15-18H2,2-6H3,(H,40,48)(H,41,47)(H,49,50)/t20-,25+,26?,28+,29-,31?/m1/s1. The summed E-state index contributed by atoms with van der Waals surface area (Å²) in [6.45, 7) is 11.7. The quantitative estimate of drug-likeness (QED) is 0.166. The number of allylic oxidation sites excluding steroid dienone is 2. The molecule has 6 atom stereocenters. The summed E-state index contributed by atoms with van der Waals surface area (Å²) in [5, 5.41) is 15.0. The zero-order valence-electron chi connectivity index (χ0n) is 31.0. The maximum Gasteiger partial charge on any atom is 0.408 e. The van der Waals surface area contributed by atoms with Crippen molar-refractivity contribution in [2.24, 2.45) is 11.8 Å². The third kappa shape index (κ3) is 9.00. The van der Waals surface area contributed by atoms with Crippen molar-refractivity contribution in [1.82, 2.24) is 25.2 Å². The summed E-state index contributed by atoms with van der Waals surface area (Å²) in [5.74, 6) is -4.70. The lowest BCUT2D eigenvalue weighted by molar-refractivity contribution is -0.133. The molecule has 0 bridgehead atoms. The molecule has 1 aromatic rings. The first-order valence-corrected chi connectivity index (χ1v) is 19.5. The highest BCUT2D eigenvalue weighted by Gasteiger charge is 2.51. The molecule has 0 aromatic heterocycles. The number of nitrogens with one attached hydrogen (secondary N) is 3. The fourth-order valence-electron chi connectivity index (χ4n) is 7.12. The Morgan fingerprint density at radius 1 is 1.13 bits per heavy atom. The van der Waals surface area contributed by atoms with E-state index in [4.69, 9.17) is 4.74 Å². The van der Waals surface area contributed by atoms with E-state index >= 15 is 4.39 Å². The number of Topliss-reactive ketones (excluding diaryl/α,β-unsaturated/α-hetero) is 1. The van der Waals surface area contributed by atoms with E-state index in [0.29, 0.717) is 19.3 Å². The van der Waals surface area contributed by atoms with Gasteiger partial charge < -0.3 is 20.5 Å². The van der Waals surface area contributed by atoms with Crippen LogP contribution in [0.1, 0.15) is 95.4 Å². The summed E-state index contributed by atoms with van der Waals surface area (Å²) in [4.78, 5) is 81.2. The largest absolute Gasteiger partial charge is 0.465 e. The van der Waals surface area contributed by atoms with Gasteiger partial charge in [-0.2, -0.15) is 0 Å². The predicted octanol–water partition coefficient (Wildman–Crippen LogP) is 4.05. The molecule has 4 aliphatic rings. The van der Waals surface area contributed by atoms with E-state index in [1.54, 1.807) is 40.7 Å². The first-order chi connectivity index (χ1) is 25.2. The molecule has 3 fully saturated rings. The molecule has 17 heteroatoms. The number of rotatable bonds is 13. The summed E-state index contributed by atoms with van der Waals surface area (Å²) in [7, 11) is -3.98. The second-order valence-corrected chi connectivity index (χ2v) is 17.6. The number of ketones is 2. The smallest absolute Gasteiger partial charge is 0.408 e. The van der Waals surface area contributed by atoms with E-state index in [1.165, 1.54) is 18.2 Å². The van der Waals surface area contributed by atoms with Crippen LogP contribution in [0.3, 0.4) is 0 Å². The SMILES string of the molecule is C=C[C@@H]1C[C@H]1N(C(=O)NS(=O)(=O)C1CC1)C(=O)C1CNC[C@H]1c1ccc2c(c1F)CN(C(=O)O)C2C(=O)[C@H](CCC(=O)C=C(C)C)NC(=O)OC(C)(C)C. The average Bonchev–Trinajstić information content (AvgIpc) is 3.97. The molecule has 2 heterocycles. The van der Waals surface area contributed by atoms with Gasteiger partial charge in [-0.3, -0.25) is 24.2 Å². The van der Waals surface area contributed by atoms with Crippen LogP contribution in [-0.2, 0) is 35.7 Å². The minimum Gasteiger partial charge on any atom is -0.465 e. The highest BCUT2D eigenvalue weighted by Crippen LogP contribution is 2.43. The van der Waals surface area contributed by atoms with Gasteiger partial charge in [0.15, 0.2) is 11.6 Å². The van der Waals surface area contributed by atoms with Gasteiger partial charge in [-0.05, 0) is 83.4 Å². The molecule has 4 N–H and O–H groups in total. The first-order valence-electron chi connectivity index (χ1n) is 18.0. The molecule has 5 amide bonds. The molecule has 54 heavy (non-hydrogen) atoms. The van der Waals surface area contributed by atoms with Crippen LogP contribution in [0, 0.1) is 17.7 Å². The van der Waals surface area contributed by atoms with Crippen molar-refractivity contribution < 1.29 is 51.4 Å². The first kappa shape index (κ1) is 40.5. The summed E-state index contributed by atoms with van der Waals surface area (Å²) < 4.78 is 49.3. The number of hydrogen-bond donors (Lipinski definition) is 4. The van der Waals surface area contributed by atoms with Crippen LogP contribution in [0.5, 0.6) is 0 Å². The molecule has 2 aliphatic heterocycles. The molecule has 1 saturated heterocycles. The monoisotopic (exact) mass is 773 g/mol. The third-order valence-corrected chi connectivity index (χ3v) is 11.7. The molecular formula is C37H48FN5O10S. The topological polar surface area (TPSA) is 209 Å². The summed E-state index contributed by atoms with van der Waals surface area (Å²) in [6, 6.07) is -1.82. The Balaban J connectivity index is 1.44. The van der Waals surface area contributed by atoms with Crippen molar-refractivity contribution in [2.75, 3.05) is 13.1 Å². The van der Waals surface area contributed by atoms with Crippen molar-refractivity contribution in [3.05, 3.63) is 58.9 Å². The Morgan fingerprint density at radius 2 is 1.80 bits per heavy atom. The summed E-state index contributed by atoms with van der Waals surface area (Å²) >= 11 is 0. The zero-order valence-corrected chi connectivity index (χ0v) is 31.8. The molecule has 5 rings (SSSR count). The van der Waals surface area contributed by atoms with Crippen LogP contribution in [0.15, 0.2) is 36.4 Å².